The number of ketones is 1. The summed E-state index contributed by atoms with van der Waals surface area (Å²) in [6.45, 7) is 6.80. The molecule has 1 saturated heterocycles. The molecule has 2 aromatic rings. The number of fused-ring (bicyclic) bond motifs is 1. The van der Waals surface area contributed by atoms with Crippen LogP contribution in [0.1, 0.15) is 59.1 Å². The van der Waals surface area contributed by atoms with Gasteiger partial charge in [-0.3, -0.25) is 9.59 Å². The van der Waals surface area contributed by atoms with Crippen LogP contribution in [0.5, 0.6) is 11.6 Å². The first-order chi connectivity index (χ1) is 20.8. The van der Waals surface area contributed by atoms with E-state index in [4.69, 9.17) is 19.3 Å². The molecule has 0 bridgehead atoms. The Balaban J connectivity index is 1.62. The summed E-state index contributed by atoms with van der Waals surface area (Å²) in [5.41, 5.74) is -0.175. The Bertz CT molecular complexity index is 1360. The van der Waals surface area contributed by atoms with E-state index in [1.54, 1.807) is 32.9 Å². The van der Waals surface area contributed by atoms with Crippen molar-refractivity contribution in [2.45, 2.75) is 71.4 Å². The zero-order valence-electron chi connectivity index (χ0n) is 25.8. The molecule has 13 heteroatoms. The fraction of sp³-hybridized carbons (Fsp3) is 0.645. The number of halogens is 2. The topological polar surface area (TPSA) is 140 Å². The van der Waals surface area contributed by atoms with E-state index in [0.29, 0.717) is 24.2 Å². The van der Waals surface area contributed by atoms with Crippen LogP contribution >= 0.6 is 0 Å². The second-order valence-corrected chi connectivity index (χ2v) is 12.2. The number of aromatic nitrogens is 2. The van der Waals surface area contributed by atoms with Crippen molar-refractivity contribution < 1.29 is 42.5 Å². The van der Waals surface area contributed by atoms with Gasteiger partial charge in [0.2, 0.25) is 11.8 Å². The Hall–Kier alpha value is -3.61. The maximum Gasteiger partial charge on any atom is 0.405 e. The Morgan fingerprint density at radius 2 is 1.91 bits per heavy atom. The van der Waals surface area contributed by atoms with E-state index in [1.165, 1.54) is 18.1 Å². The van der Waals surface area contributed by atoms with Gasteiger partial charge in [0.05, 0.1) is 37.3 Å². The van der Waals surface area contributed by atoms with Gasteiger partial charge in [0, 0.05) is 30.9 Å². The number of amides is 2. The number of carboxylic acid groups (broad SMARTS) is 1. The Kier molecular flexibility index (Phi) is 10.6. The molecule has 2 fully saturated rings. The molecule has 5 atom stereocenters. The molecule has 242 valence electrons. The zero-order valence-corrected chi connectivity index (χ0v) is 25.8. The first kappa shape index (κ1) is 33.3. The largest absolute Gasteiger partial charge is 0.497 e. The number of alkyl halides is 2. The van der Waals surface area contributed by atoms with Crippen molar-refractivity contribution in [2.75, 3.05) is 33.4 Å². The summed E-state index contributed by atoms with van der Waals surface area (Å²) in [6.07, 6.45) is 0.336. The second kappa shape index (κ2) is 14.0. The smallest absolute Gasteiger partial charge is 0.405 e. The lowest BCUT2D eigenvalue weighted by atomic mass is 9.91. The highest BCUT2D eigenvalue weighted by Gasteiger charge is 2.48. The number of hydrogen-bond donors (Lipinski definition) is 2. The summed E-state index contributed by atoms with van der Waals surface area (Å²) >= 11 is 0. The van der Waals surface area contributed by atoms with Gasteiger partial charge in [-0.25, -0.2) is 14.8 Å². The molecule has 11 nitrogen and oxygen atoms in total. The van der Waals surface area contributed by atoms with Crippen LogP contribution in [0, 0.1) is 23.7 Å². The number of hydrogen-bond acceptors (Lipinski definition) is 8. The molecular formula is C31H42F2N4O7. The minimum absolute atomic E-state index is 0.129. The lowest BCUT2D eigenvalue weighted by molar-refractivity contribution is -0.138. The summed E-state index contributed by atoms with van der Waals surface area (Å²) in [5, 5.41) is 11.0. The highest BCUT2D eigenvalue weighted by molar-refractivity contribution is 5.92. The van der Waals surface area contributed by atoms with Gasteiger partial charge < -0.3 is 29.5 Å². The Morgan fingerprint density at radius 1 is 1.16 bits per heavy atom. The van der Waals surface area contributed by atoms with E-state index < -0.39 is 66.4 Å². The minimum atomic E-state index is -3.46. The molecule has 1 aliphatic carbocycles. The number of rotatable bonds is 13. The van der Waals surface area contributed by atoms with E-state index in [9.17, 15) is 14.4 Å². The summed E-state index contributed by atoms with van der Waals surface area (Å²) in [7, 11) is 1.47. The second-order valence-electron chi connectivity index (χ2n) is 12.2. The van der Waals surface area contributed by atoms with Gasteiger partial charge >= 0.3 is 6.09 Å². The van der Waals surface area contributed by atoms with E-state index in [2.05, 4.69) is 16.9 Å². The third-order valence-electron chi connectivity index (χ3n) is 8.75. The molecule has 0 radical (unpaired) electrons. The third-order valence-corrected chi connectivity index (χ3v) is 8.75. The van der Waals surface area contributed by atoms with E-state index in [-0.39, 0.29) is 30.0 Å². The van der Waals surface area contributed by atoms with Crippen LogP contribution in [0.4, 0.5) is 13.6 Å². The van der Waals surface area contributed by atoms with E-state index >= 15 is 8.78 Å². The molecule has 1 aromatic heterocycles. The van der Waals surface area contributed by atoms with Crippen LogP contribution < -0.4 is 14.8 Å². The molecule has 44 heavy (non-hydrogen) atoms. The summed E-state index contributed by atoms with van der Waals surface area (Å²) < 4.78 is 48.8. The van der Waals surface area contributed by atoms with Crippen LogP contribution in [0.3, 0.4) is 0 Å². The number of ether oxygens (including phenoxy) is 3. The third kappa shape index (κ3) is 7.54. The van der Waals surface area contributed by atoms with Gasteiger partial charge in [-0.15, -0.1) is 0 Å². The average molecular weight is 621 g/mol. The molecule has 1 saturated carbocycles. The molecule has 2 amide bonds. The predicted molar refractivity (Wildman–Crippen MR) is 157 cm³/mol. The number of benzene rings is 1. The lowest BCUT2D eigenvalue weighted by Crippen LogP contribution is -2.48. The average Bonchev–Trinajstić information content (AvgIpc) is 3.54. The number of carbonyl (C=O) groups excluding carboxylic acids is 2. The normalized spacial score (nSPS) is 23.7. The van der Waals surface area contributed by atoms with Crippen molar-refractivity contribution in [3.63, 3.8) is 0 Å². The van der Waals surface area contributed by atoms with Crippen molar-refractivity contribution in [1.29, 1.82) is 0 Å². The van der Waals surface area contributed by atoms with Gasteiger partial charge in [-0.2, -0.15) is 8.78 Å². The number of nitrogens with zero attached hydrogens (tertiary/aromatic N) is 3. The SMILES string of the molecule is COc1ccc2nc(C(F)(F)CCOC[C@@H]3CCCC3C)c(OC3CN(C(=O)CNC(=O)O)[C@H](C(=O)C(C)C)[C@@H]3C)nc2c1. The van der Waals surface area contributed by atoms with Crippen LogP contribution in [0.2, 0.25) is 0 Å². The van der Waals surface area contributed by atoms with E-state index in [1.807, 2.05) is 5.32 Å². The Morgan fingerprint density at radius 3 is 2.55 bits per heavy atom. The highest BCUT2D eigenvalue weighted by atomic mass is 19.3. The summed E-state index contributed by atoms with van der Waals surface area (Å²) in [4.78, 5) is 47.1. The van der Waals surface area contributed by atoms with Crippen molar-refractivity contribution in [1.82, 2.24) is 20.2 Å². The predicted octanol–water partition coefficient (Wildman–Crippen LogP) is 4.66. The molecule has 1 aliphatic heterocycles. The van der Waals surface area contributed by atoms with Gasteiger partial charge in [0.15, 0.2) is 11.5 Å². The number of carbonyl (C=O) groups is 3. The monoisotopic (exact) mass is 620 g/mol. The molecule has 1 aromatic carbocycles. The summed E-state index contributed by atoms with van der Waals surface area (Å²) in [6, 6.07) is 3.75. The molecule has 0 spiro atoms. The summed E-state index contributed by atoms with van der Waals surface area (Å²) in [5.74, 6) is -4.49. The lowest BCUT2D eigenvalue weighted by Gasteiger charge is -2.26. The number of nitrogens with one attached hydrogen (secondary N) is 1. The Labute approximate surface area is 255 Å². The molecular weight excluding hydrogens is 578 g/mol. The standard InChI is InChI=1S/C31H42F2N4O7/c1-17(2)27(39)26-19(4)24(15-37(26)25(38)14-34-30(40)41)44-29-28(35-22-10-9-21(42-5)13-23(22)36-29)31(32,33)11-12-43-16-20-8-6-7-18(20)3/h9-10,13,17-20,24,26,34H,6-8,11-12,14-16H2,1-5H3,(H,40,41)/t18?,19-,20+,24?,26+/m1/s1. The minimum Gasteiger partial charge on any atom is -0.497 e. The van der Waals surface area contributed by atoms with Crippen LogP contribution in [0.25, 0.3) is 11.0 Å². The molecule has 2 N–H and O–H groups in total. The van der Waals surface area contributed by atoms with Crippen molar-refractivity contribution in [3.05, 3.63) is 23.9 Å². The van der Waals surface area contributed by atoms with Crippen LogP contribution in [-0.2, 0) is 20.2 Å². The number of likely N-dealkylation sites (tertiary alicyclic amines) is 1. The van der Waals surface area contributed by atoms with Crippen molar-refractivity contribution in [3.8, 4) is 11.6 Å². The number of methoxy groups -OCH3 is 1. The maximum atomic E-state index is 15.9. The molecule has 4 rings (SSSR count). The van der Waals surface area contributed by atoms with Crippen molar-refractivity contribution in [2.24, 2.45) is 23.7 Å². The van der Waals surface area contributed by atoms with Gasteiger partial charge in [-0.05, 0) is 30.4 Å². The van der Waals surface area contributed by atoms with Gasteiger partial charge in [-0.1, -0.05) is 40.5 Å². The molecule has 2 heterocycles. The first-order valence-electron chi connectivity index (χ1n) is 15.1. The molecule has 2 aliphatic rings. The van der Waals surface area contributed by atoms with Crippen LogP contribution in [0.15, 0.2) is 18.2 Å². The van der Waals surface area contributed by atoms with Crippen LogP contribution in [-0.4, -0.2) is 83.3 Å². The quantitative estimate of drug-likeness (QED) is 0.306. The van der Waals surface area contributed by atoms with E-state index in [0.717, 1.165) is 19.3 Å². The number of Topliss-reactive ketones (excluding diaryl/α,β-unsaturated/α-hetero) is 1. The molecule has 2 unspecified atom stereocenters. The highest BCUT2D eigenvalue weighted by Crippen LogP contribution is 2.40. The zero-order chi connectivity index (χ0) is 32.2. The first-order valence-corrected chi connectivity index (χ1v) is 15.1. The fourth-order valence-corrected chi connectivity index (χ4v) is 6.00. The van der Waals surface area contributed by atoms with Gasteiger partial charge in [0.25, 0.3) is 5.92 Å². The van der Waals surface area contributed by atoms with Gasteiger partial charge in [0.1, 0.15) is 18.4 Å². The maximum absolute atomic E-state index is 15.9. The van der Waals surface area contributed by atoms with Crippen molar-refractivity contribution >= 4 is 28.8 Å². The fourth-order valence-electron chi connectivity index (χ4n) is 6.00.